The van der Waals surface area contributed by atoms with Gasteiger partial charge in [0.2, 0.25) is 0 Å². The highest BCUT2D eigenvalue weighted by Gasteiger charge is 2.29. The van der Waals surface area contributed by atoms with Crippen molar-refractivity contribution in [2.75, 3.05) is 31.0 Å². The summed E-state index contributed by atoms with van der Waals surface area (Å²) in [7, 11) is 1.51. The van der Waals surface area contributed by atoms with Crippen molar-refractivity contribution >= 4 is 23.4 Å². The smallest absolute Gasteiger partial charge is 0.411 e. The van der Waals surface area contributed by atoms with E-state index in [1.54, 1.807) is 24.3 Å². The quantitative estimate of drug-likeness (QED) is 0.760. The van der Waals surface area contributed by atoms with Gasteiger partial charge in [0.15, 0.2) is 6.10 Å². The van der Waals surface area contributed by atoms with Crippen LogP contribution in [0.25, 0.3) is 0 Å². The normalized spacial score (nSPS) is 14.8. The van der Waals surface area contributed by atoms with Gasteiger partial charge in [-0.1, -0.05) is 6.07 Å². The molecular formula is C19H19FN2O5. The van der Waals surface area contributed by atoms with Gasteiger partial charge < -0.3 is 19.5 Å². The predicted octanol–water partition coefficient (Wildman–Crippen LogP) is 2.96. The number of methoxy groups -OCH3 is 1. The summed E-state index contributed by atoms with van der Waals surface area (Å²) in [6.07, 6.45) is -1.06. The van der Waals surface area contributed by atoms with Gasteiger partial charge in [-0.2, -0.15) is 0 Å². The largest absolute Gasteiger partial charge is 0.480 e. The van der Waals surface area contributed by atoms with Gasteiger partial charge in [-0.3, -0.25) is 10.1 Å². The molecule has 0 saturated carbocycles. The van der Waals surface area contributed by atoms with E-state index in [1.807, 2.05) is 0 Å². The van der Waals surface area contributed by atoms with Crippen LogP contribution in [0.5, 0.6) is 5.75 Å². The third-order valence-electron chi connectivity index (χ3n) is 3.89. The minimum absolute atomic E-state index is 0.138. The number of hydrogen-bond acceptors (Lipinski definition) is 5. The Kier molecular flexibility index (Phi) is 5.87. The fourth-order valence-electron chi connectivity index (χ4n) is 2.63. The Morgan fingerprint density at radius 3 is 2.70 bits per heavy atom. The highest BCUT2D eigenvalue weighted by Crippen LogP contribution is 2.30. The second-order valence-corrected chi connectivity index (χ2v) is 5.89. The first-order valence-corrected chi connectivity index (χ1v) is 8.34. The summed E-state index contributed by atoms with van der Waals surface area (Å²) in [6.45, 7) is 0.441. The second kappa shape index (κ2) is 8.50. The standard InChI is InChI=1S/C19H19FN2O5/c1-25-7-8-26-19(24)22-15-4-2-3-14(11-15)21-18(23)17-10-12-9-13(20)5-6-16(12)27-17/h2-6,9,11,17H,7-8,10H2,1H3,(H,21,23)(H,22,24). The van der Waals surface area contributed by atoms with E-state index in [0.29, 0.717) is 35.7 Å². The van der Waals surface area contributed by atoms with Gasteiger partial charge in [0.1, 0.15) is 18.2 Å². The number of ether oxygens (including phenoxy) is 3. The van der Waals surface area contributed by atoms with Gasteiger partial charge in [-0.05, 0) is 36.4 Å². The van der Waals surface area contributed by atoms with Crippen molar-refractivity contribution in [3.63, 3.8) is 0 Å². The van der Waals surface area contributed by atoms with Crippen molar-refractivity contribution in [2.45, 2.75) is 12.5 Å². The first kappa shape index (κ1) is 18.7. The molecular weight excluding hydrogens is 355 g/mol. The Bertz CT molecular complexity index is 843. The number of amides is 2. The van der Waals surface area contributed by atoms with Gasteiger partial charge in [-0.25, -0.2) is 9.18 Å². The molecule has 3 rings (SSSR count). The molecule has 0 radical (unpaired) electrons. The Balaban J connectivity index is 1.56. The lowest BCUT2D eigenvalue weighted by Crippen LogP contribution is -2.31. The van der Waals surface area contributed by atoms with Gasteiger partial charge in [0, 0.05) is 30.5 Å². The topological polar surface area (TPSA) is 85.9 Å². The van der Waals surface area contributed by atoms with Crippen LogP contribution in [0.4, 0.5) is 20.6 Å². The molecule has 2 N–H and O–H groups in total. The third-order valence-corrected chi connectivity index (χ3v) is 3.89. The van der Waals surface area contributed by atoms with E-state index in [9.17, 15) is 14.0 Å². The molecule has 7 nitrogen and oxygen atoms in total. The van der Waals surface area contributed by atoms with Crippen molar-refractivity contribution in [1.29, 1.82) is 0 Å². The summed E-state index contributed by atoms with van der Waals surface area (Å²) in [4.78, 5) is 24.1. The lowest BCUT2D eigenvalue weighted by Gasteiger charge is -2.12. The average molecular weight is 374 g/mol. The lowest BCUT2D eigenvalue weighted by molar-refractivity contribution is -0.122. The molecule has 0 fully saturated rings. The molecule has 1 aliphatic heterocycles. The van der Waals surface area contributed by atoms with Crippen LogP contribution in [0.1, 0.15) is 5.56 Å². The van der Waals surface area contributed by atoms with Crippen LogP contribution in [0, 0.1) is 5.82 Å². The van der Waals surface area contributed by atoms with E-state index in [4.69, 9.17) is 14.2 Å². The number of benzene rings is 2. The van der Waals surface area contributed by atoms with Gasteiger partial charge in [0.05, 0.1) is 6.61 Å². The molecule has 1 unspecified atom stereocenters. The molecule has 8 heteroatoms. The monoisotopic (exact) mass is 374 g/mol. The van der Waals surface area contributed by atoms with E-state index in [2.05, 4.69) is 10.6 Å². The molecule has 0 spiro atoms. The number of carbonyl (C=O) groups excluding carboxylic acids is 2. The molecule has 0 bridgehead atoms. The summed E-state index contributed by atoms with van der Waals surface area (Å²) in [5.74, 6) is -0.216. The summed E-state index contributed by atoms with van der Waals surface area (Å²) in [5, 5.41) is 5.29. The van der Waals surface area contributed by atoms with Crippen molar-refractivity contribution in [3.05, 3.63) is 53.8 Å². The number of carbonyl (C=O) groups is 2. The molecule has 0 aliphatic carbocycles. The number of anilines is 2. The molecule has 0 aromatic heterocycles. The molecule has 27 heavy (non-hydrogen) atoms. The Hall–Kier alpha value is -3.13. The number of halogens is 1. The highest BCUT2D eigenvalue weighted by atomic mass is 19.1. The Morgan fingerprint density at radius 1 is 1.15 bits per heavy atom. The molecule has 0 saturated heterocycles. The van der Waals surface area contributed by atoms with Crippen molar-refractivity contribution < 1.29 is 28.2 Å². The summed E-state index contributed by atoms with van der Waals surface area (Å²) >= 11 is 0. The SMILES string of the molecule is COCCOC(=O)Nc1cccc(NC(=O)C2Cc3cc(F)ccc3O2)c1. The lowest BCUT2D eigenvalue weighted by atomic mass is 10.1. The minimum atomic E-state index is -0.738. The van der Waals surface area contributed by atoms with Crippen LogP contribution < -0.4 is 15.4 Å². The fourth-order valence-corrected chi connectivity index (χ4v) is 2.63. The second-order valence-electron chi connectivity index (χ2n) is 5.89. The van der Waals surface area contributed by atoms with Crippen LogP contribution in [0.2, 0.25) is 0 Å². The van der Waals surface area contributed by atoms with E-state index in [1.165, 1.54) is 25.3 Å². The van der Waals surface area contributed by atoms with Crippen LogP contribution in [0.15, 0.2) is 42.5 Å². The Morgan fingerprint density at radius 2 is 1.93 bits per heavy atom. The first-order chi connectivity index (χ1) is 13.0. The van der Waals surface area contributed by atoms with Crippen molar-refractivity contribution in [3.8, 4) is 5.75 Å². The Labute approximate surface area is 155 Å². The van der Waals surface area contributed by atoms with E-state index in [-0.39, 0.29) is 18.3 Å². The minimum Gasteiger partial charge on any atom is -0.480 e. The fraction of sp³-hybridized carbons (Fsp3) is 0.263. The number of nitrogens with one attached hydrogen (secondary N) is 2. The van der Waals surface area contributed by atoms with Gasteiger partial charge >= 0.3 is 6.09 Å². The first-order valence-electron chi connectivity index (χ1n) is 8.34. The maximum atomic E-state index is 13.3. The van der Waals surface area contributed by atoms with Gasteiger partial charge in [0.25, 0.3) is 5.91 Å². The molecule has 1 heterocycles. The van der Waals surface area contributed by atoms with Crippen LogP contribution >= 0.6 is 0 Å². The van der Waals surface area contributed by atoms with Crippen LogP contribution in [-0.2, 0) is 20.7 Å². The van der Waals surface area contributed by atoms with E-state index < -0.39 is 12.2 Å². The summed E-state index contributed by atoms with van der Waals surface area (Å²) < 4.78 is 28.6. The van der Waals surface area contributed by atoms with Crippen LogP contribution in [0.3, 0.4) is 0 Å². The summed E-state index contributed by atoms with van der Waals surface area (Å²) in [6, 6.07) is 10.8. The van der Waals surface area contributed by atoms with Crippen molar-refractivity contribution in [2.24, 2.45) is 0 Å². The zero-order valence-corrected chi connectivity index (χ0v) is 14.7. The average Bonchev–Trinajstić information content (AvgIpc) is 3.05. The molecule has 2 aromatic carbocycles. The zero-order valence-electron chi connectivity index (χ0n) is 14.7. The maximum Gasteiger partial charge on any atom is 0.411 e. The molecule has 1 atom stereocenters. The number of hydrogen-bond donors (Lipinski definition) is 2. The maximum absolute atomic E-state index is 13.3. The highest BCUT2D eigenvalue weighted by molar-refractivity contribution is 5.96. The number of fused-ring (bicyclic) bond motifs is 1. The zero-order chi connectivity index (χ0) is 19.2. The molecule has 1 aliphatic rings. The van der Waals surface area contributed by atoms with E-state index in [0.717, 1.165) is 0 Å². The predicted molar refractivity (Wildman–Crippen MR) is 96.4 cm³/mol. The van der Waals surface area contributed by atoms with Crippen LogP contribution in [-0.4, -0.2) is 38.4 Å². The number of rotatable bonds is 6. The third kappa shape index (κ3) is 4.95. The molecule has 2 amide bonds. The van der Waals surface area contributed by atoms with Crippen molar-refractivity contribution in [1.82, 2.24) is 0 Å². The molecule has 142 valence electrons. The molecule has 2 aromatic rings. The van der Waals surface area contributed by atoms with Gasteiger partial charge in [-0.15, -0.1) is 0 Å². The summed E-state index contributed by atoms with van der Waals surface area (Å²) in [5.41, 5.74) is 1.61. The van der Waals surface area contributed by atoms with E-state index >= 15 is 0 Å².